The molecular weight excluding hydrogens is 214 g/mol. The van der Waals surface area contributed by atoms with Crippen molar-refractivity contribution in [2.45, 2.75) is 77.3 Å². The Balaban J connectivity index is 2.17. The van der Waals surface area contributed by atoms with Crippen LogP contribution in [0, 0.1) is 0 Å². The highest BCUT2D eigenvalue weighted by molar-refractivity contribution is 5.75. The first-order valence-electron chi connectivity index (χ1n) is 7.20. The Labute approximate surface area is 105 Å². The molecule has 100 valence electrons. The largest absolute Gasteiger partial charge is 0.465 e. The molecule has 1 aliphatic rings. The second-order valence-electron chi connectivity index (χ2n) is 4.95. The topological polar surface area (TPSA) is 38.3 Å². The molecule has 1 N–H and O–H groups in total. The van der Waals surface area contributed by atoms with Gasteiger partial charge in [-0.05, 0) is 26.2 Å². The molecule has 0 radical (unpaired) electrons. The molecular formula is C14H27NO2. The molecule has 1 rings (SSSR count). The Morgan fingerprint density at radius 1 is 1.24 bits per heavy atom. The molecule has 1 saturated carbocycles. The number of carbonyl (C=O) groups excluding carboxylic acids is 1. The number of hydrogen-bond acceptors (Lipinski definition) is 3. The maximum atomic E-state index is 11.7. The summed E-state index contributed by atoms with van der Waals surface area (Å²) in [6.07, 6.45) is 9.58. The fraction of sp³-hybridized carbons (Fsp3) is 0.929. The Morgan fingerprint density at radius 2 is 1.94 bits per heavy atom. The molecule has 1 atom stereocenters. The van der Waals surface area contributed by atoms with Crippen LogP contribution < -0.4 is 5.32 Å². The number of ether oxygens (including phenoxy) is 1. The SMILES string of the molecule is CCCCCCCC(NC1CC1)C(=O)OCC. The Kier molecular flexibility index (Phi) is 7.25. The lowest BCUT2D eigenvalue weighted by Gasteiger charge is -2.16. The number of hydrogen-bond donors (Lipinski definition) is 1. The van der Waals surface area contributed by atoms with Gasteiger partial charge >= 0.3 is 5.97 Å². The lowest BCUT2D eigenvalue weighted by Crippen LogP contribution is -2.39. The molecule has 1 fully saturated rings. The van der Waals surface area contributed by atoms with E-state index in [2.05, 4.69) is 12.2 Å². The molecule has 0 heterocycles. The maximum Gasteiger partial charge on any atom is 0.323 e. The minimum absolute atomic E-state index is 0.0603. The van der Waals surface area contributed by atoms with E-state index in [1.165, 1.54) is 38.5 Å². The standard InChI is InChI=1S/C14H27NO2/c1-3-5-6-7-8-9-13(14(16)17-4-2)15-12-10-11-12/h12-13,15H,3-11H2,1-2H3. The molecule has 0 aromatic carbocycles. The Bertz CT molecular complexity index is 214. The summed E-state index contributed by atoms with van der Waals surface area (Å²) >= 11 is 0. The highest BCUT2D eigenvalue weighted by Crippen LogP contribution is 2.21. The van der Waals surface area contributed by atoms with Gasteiger partial charge in [-0.1, -0.05) is 39.0 Å². The second kappa shape index (κ2) is 8.51. The first-order chi connectivity index (χ1) is 8.27. The predicted octanol–water partition coefficient (Wildman–Crippen LogP) is 3.03. The quantitative estimate of drug-likeness (QED) is 0.472. The maximum absolute atomic E-state index is 11.7. The molecule has 1 unspecified atom stereocenters. The van der Waals surface area contributed by atoms with Gasteiger partial charge in [-0.3, -0.25) is 4.79 Å². The first kappa shape index (κ1) is 14.5. The van der Waals surface area contributed by atoms with Crippen LogP contribution in [0.5, 0.6) is 0 Å². The van der Waals surface area contributed by atoms with Gasteiger partial charge in [-0.2, -0.15) is 0 Å². The highest BCUT2D eigenvalue weighted by atomic mass is 16.5. The number of nitrogens with one attached hydrogen (secondary N) is 1. The average Bonchev–Trinajstić information content (AvgIpc) is 3.11. The third-order valence-electron chi connectivity index (χ3n) is 3.18. The van der Waals surface area contributed by atoms with Gasteiger partial charge in [0.25, 0.3) is 0 Å². The average molecular weight is 241 g/mol. The minimum atomic E-state index is -0.0657. The second-order valence-corrected chi connectivity index (χ2v) is 4.95. The fourth-order valence-corrected chi connectivity index (χ4v) is 2.00. The highest BCUT2D eigenvalue weighted by Gasteiger charge is 2.28. The predicted molar refractivity (Wildman–Crippen MR) is 70.0 cm³/mol. The third-order valence-corrected chi connectivity index (χ3v) is 3.18. The van der Waals surface area contributed by atoms with E-state index in [9.17, 15) is 4.79 Å². The molecule has 3 nitrogen and oxygen atoms in total. The lowest BCUT2D eigenvalue weighted by atomic mass is 10.1. The summed E-state index contributed by atoms with van der Waals surface area (Å²) in [5.41, 5.74) is 0. The lowest BCUT2D eigenvalue weighted by molar-refractivity contribution is -0.145. The Hall–Kier alpha value is -0.570. The van der Waals surface area contributed by atoms with Crippen LogP contribution in [0.1, 0.15) is 65.2 Å². The van der Waals surface area contributed by atoms with Gasteiger partial charge in [-0.25, -0.2) is 0 Å². The normalized spacial score (nSPS) is 16.8. The zero-order chi connectivity index (χ0) is 12.5. The minimum Gasteiger partial charge on any atom is -0.465 e. The molecule has 0 amide bonds. The molecule has 0 spiro atoms. The van der Waals surface area contributed by atoms with Gasteiger partial charge in [0.15, 0.2) is 0 Å². The van der Waals surface area contributed by atoms with Crippen molar-refractivity contribution in [3.05, 3.63) is 0 Å². The van der Waals surface area contributed by atoms with Gasteiger partial charge in [0, 0.05) is 6.04 Å². The van der Waals surface area contributed by atoms with Crippen LogP contribution in [0.15, 0.2) is 0 Å². The molecule has 0 saturated heterocycles. The van der Waals surface area contributed by atoms with E-state index in [1.807, 2.05) is 6.92 Å². The summed E-state index contributed by atoms with van der Waals surface area (Å²) in [7, 11) is 0. The van der Waals surface area contributed by atoms with Crippen LogP contribution in [0.2, 0.25) is 0 Å². The van der Waals surface area contributed by atoms with Gasteiger partial charge in [0.1, 0.15) is 6.04 Å². The zero-order valence-electron chi connectivity index (χ0n) is 11.3. The molecule has 0 aromatic rings. The summed E-state index contributed by atoms with van der Waals surface area (Å²) < 4.78 is 5.11. The molecule has 0 aromatic heterocycles. The van der Waals surface area contributed by atoms with Crippen molar-refractivity contribution in [1.29, 1.82) is 0 Å². The van der Waals surface area contributed by atoms with Crippen LogP contribution in [0.25, 0.3) is 0 Å². The van der Waals surface area contributed by atoms with E-state index < -0.39 is 0 Å². The van der Waals surface area contributed by atoms with Gasteiger partial charge < -0.3 is 10.1 Å². The molecule has 1 aliphatic carbocycles. The van der Waals surface area contributed by atoms with Crippen molar-refractivity contribution in [1.82, 2.24) is 5.32 Å². The summed E-state index contributed by atoms with van der Waals surface area (Å²) in [6, 6.07) is 0.504. The fourth-order valence-electron chi connectivity index (χ4n) is 2.00. The van der Waals surface area contributed by atoms with Gasteiger partial charge in [0.05, 0.1) is 6.61 Å². The van der Waals surface area contributed by atoms with Crippen LogP contribution in [-0.2, 0) is 9.53 Å². The van der Waals surface area contributed by atoms with E-state index in [0.717, 1.165) is 12.8 Å². The van der Waals surface area contributed by atoms with E-state index in [1.54, 1.807) is 0 Å². The number of esters is 1. The van der Waals surface area contributed by atoms with Crippen LogP contribution >= 0.6 is 0 Å². The van der Waals surface area contributed by atoms with E-state index in [-0.39, 0.29) is 12.0 Å². The van der Waals surface area contributed by atoms with Crippen molar-refractivity contribution in [2.75, 3.05) is 6.61 Å². The smallest absolute Gasteiger partial charge is 0.323 e. The van der Waals surface area contributed by atoms with Gasteiger partial charge in [-0.15, -0.1) is 0 Å². The third kappa shape index (κ3) is 6.67. The van der Waals surface area contributed by atoms with Crippen molar-refractivity contribution < 1.29 is 9.53 Å². The van der Waals surface area contributed by atoms with Crippen LogP contribution in [-0.4, -0.2) is 24.7 Å². The number of carbonyl (C=O) groups is 1. The van der Waals surface area contributed by atoms with E-state index in [0.29, 0.717) is 12.6 Å². The van der Waals surface area contributed by atoms with Crippen LogP contribution in [0.3, 0.4) is 0 Å². The van der Waals surface area contributed by atoms with E-state index >= 15 is 0 Å². The zero-order valence-corrected chi connectivity index (χ0v) is 11.3. The monoisotopic (exact) mass is 241 g/mol. The summed E-state index contributed by atoms with van der Waals surface area (Å²) in [6.45, 7) is 4.57. The van der Waals surface area contributed by atoms with E-state index in [4.69, 9.17) is 4.74 Å². The number of unbranched alkanes of at least 4 members (excludes halogenated alkanes) is 4. The molecule has 0 aliphatic heterocycles. The Morgan fingerprint density at radius 3 is 2.53 bits per heavy atom. The van der Waals surface area contributed by atoms with Crippen molar-refractivity contribution >= 4 is 5.97 Å². The summed E-state index contributed by atoms with van der Waals surface area (Å²) in [5, 5.41) is 3.39. The van der Waals surface area contributed by atoms with Crippen LogP contribution in [0.4, 0.5) is 0 Å². The van der Waals surface area contributed by atoms with Crippen molar-refractivity contribution in [3.63, 3.8) is 0 Å². The summed E-state index contributed by atoms with van der Waals surface area (Å²) in [4.78, 5) is 11.7. The molecule has 17 heavy (non-hydrogen) atoms. The first-order valence-corrected chi connectivity index (χ1v) is 7.20. The van der Waals surface area contributed by atoms with Crippen molar-refractivity contribution in [2.24, 2.45) is 0 Å². The number of rotatable bonds is 10. The van der Waals surface area contributed by atoms with Gasteiger partial charge in [0.2, 0.25) is 0 Å². The molecule has 0 bridgehead atoms. The summed E-state index contributed by atoms with van der Waals surface area (Å²) in [5.74, 6) is -0.0603. The molecule has 3 heteroatoms. The van der Waals surface area contributed by atoms with Crippen molar-refractivity contribution in [3.8, 4) is 0 Å².